The summed E-state index contributed by atoms with van der Waals surface area (Å²) in [5.41, 5.74) is 2.32. The van der Waals surface area contributed by atoms with Crippen molar-refractivity contribution in [3.05, 3.63) is 23.3 Å². The summed E-state index contributed by atoms with van der Waals surface area (Å²) in [5.74, 6) is 0. The summed E-state index contributed by atoms with van der Waals surface area (Å²) < 4.78 is 34.8. The zero-order valence-corrected chi connectivity index (χ0v) is 9.20. The largest absolute Gasteiger partial charge is 0.385 e. The third kappa shape index (κ3) is 1.84. The summed E-state index contributed by atoms with van der Waals surface area (Å²) in [6, 6.07) is 2.97. The van der Waals surface area contributed by atoms with Crippen molar-refractivity contribution in [3.63, 3.8) is 0 Å². The lowest BCUT2D eigenvalue weighted by Gasteiger charge is -2.21. The standard InChI is InChI=1S/C10H12FNO2S/c1-7-4-5-9(15(11,13)14)8-3-2-6-12-10(7)8/h4-5,12H,2-3,6H2,1H3. The lowest BCUT2D eigenvalue weighted by molar-refractivity contribution is 0.550. The van der Waals surface area contributed by atoms with Gasteiger partial charge in [-0.15, -0.1) is 3.89 Å². The minimum absolute atomic E-state index is 0.185. The Balaban J connectivity index is 2.69. The molecule has 5 heteroatoms. The Labute approximate surface area is 88.5 Å². The minimum atomic E-state index is -4.60. The molecule has 3 nitrogen and oxygen atoms in total. The van der Waals surface area contributed by atoms with E-state index in [0.717, 1.165) is 24.2 Å². The van der Waals surface area contributed by atoms with Crippen LogP contribution in [-0.2, 0) is 16.6 Å². The van der Waals surface area contributed by atoms with E-state index in [2.05, 4.69) is 5.32 Å². The number of nitrogens with one attached hydrogen (secondary N) is 1. The Hall–Kier alpha value is -1.10. The van der Waals surface area contributed by atoms with Crippen LogP contribution >= 0.6 is 0 Å². The molecule has 0 radical (unpaired) electrons. The number of hydrogen-bond donors (Lipinski definition) is 1. The Morgan fingerprint density at radius 2 is 2.13 bits per heavy atom. The van der Waals surface area contributed by atoms with Gasteiger partial charge in [0.05, 0.1) is 0 Å². The van der Waals surface area contributed by atoms with Gasteiger partial charge >= 0.3 is 10.2 Å². The average Bonchev–Trinajstić information content (AvgIpc) is 2.17. The summed E-state index contributed by atoms with van der Waals surface area (Å²) in [6.45, 7) is 2.69. The molecule has 2 rings (SSSR count). The highest BCUT2D eigenvalue weighted by Crippen LogP contribution is 2.32. The van der Waals surface area contributed by atoms with Crippen LogP contribution in [0.25, 0.3) is 0 Å². The highest BCUT2D eigenvalue weighted by molar-refractivity contribution is 7.86. The van der Waals surface area contributed by atoms with Crippen molar-refractivity contribution in [2.24, 2.45) is 0 Å². The number of rotatable bonds is 1. The molecular formula is C10H12FNO2S. The van der Waals surface area contributed by atoms with Gasteiger partial charge in [0.2, 0.25) is 0 Å². The van der Waals surface area contributed by atoms with E-state index < -0.39 is 10.2 Å². The van der Waals surface area contributed by atoms with Crippen molar-refractivity contribution >= 4 is 15.9 Å². The van der Waals surface area contributed by atoms with E-state index in [1.165, 1.54) is 6.07 Å². The highest BCUT2D eigenvalue weighted by atomic mass is 32.3. The Morgan fingerprint density at radius 3 is 2.80 bits per heavy atom. The number of hydrogen-bond acceptors (Lipinski definition) is 3. The number of aryl methyl sites for hydroxylation is 1. The Morgan fingerprint density at radius 1 is 1.40 bits per heavy atom. The van der Waals surface area contributed by atoms with Gasteiger partial charge in [-0.05, 0) is 37.0 Å². The van der Waals surface area contributed by atoms with Crippen molar-refractivity contribution < 1.29 is 12.3 Å². The number of halogens is 1. The Kier molecular flexibility index (Phi) is 2.42. The van der Waals surface area contributed by atoms with Crippen LogP contribution in [0, 0.1) is 6.92 Å². The van der Waals surface area contributed by atoms with E-state index in [9.17, 15) is 12.3 Å². The molecule has 0 saturated heterocycles. The second-order valence-electron chi connectivity index (χ2n) is 3.70. The molecule has 1 aromatic rings. The van der Waals surface area contributed by atoms with E-state index >= 15 is 0 Å². The molecule has 0 unspecified atom stereocenters. The molecule has 0 bridgehead atoms. The molecule has 1 aliphatic heterocycles. The van der Waals surface area contributed by atoms with Crippen molar-refractivity contribution in [1.29, 1.82) is 0 Å². The monoisotopic (exact) mass is 229 g/mol. The maximum atomic E-state index is 13.0. The first-order valence-corrected chi connectivity index (χ1v) is 6.19. The van der Waals surface area contributed by atoms with Gasteiger partial charge in [-0.2, -0.15) is 8.42 Å². The highest BCUT2D eigenvalue weighted by Gasteiger charge is 2.22. The second-order valence-corrected chi connectivity index (χ2v) is 5.02. The van der Waals surface area contributed by atoms with Gasteiger partial charge < -0.3 is 5.32 Å². The molecule has 1 heterocycles. The molecular weight excluding hydrogens is 217 g/mol. The van der Waals surface area contributed by atoms with E-state index in [0.29, 0.717) is 12.0 Å². The van der Waals surface area contributed by atoms with Gasteiger partial charge in [-0.1, -0.05) is 6.07 Å². The summed E-state index contributed by atoms with van der Waals surface area (Å²) in [7, 11) is -4.60. The number of fused-ring (bicyclic) bond motifs is 1. The van der Waals surface area contributed by atoms with Crippen LogP contribution < -0.4 is 5.32 Å². The summed E-state index contributed by atoms with van der Waals surface area (Å²) in [5, 5.41) is 3.11. The van der Waals surface area contributed by atoms with Gasteiger partial charge in [0.25, 0.3) is 0 Å². The smallest absolute Gasteiger partial charge is 0.332 e. The molecule has 0 amide bonds. The Bertz CT molecular complexity index is 496. The first-order chi connectivity index (χ1) is 7.00. The summed E-state index contributed by atoms with van der Waals surface area (Å²) >= 11 is 0. The fourth-order valence-electron chi connectivity index (χ4n) is 1.95. The number of benzene rings is 1. The fourth-order valence-corrected chi connectivity index (χ4v) is 2.68. The van der Waals surface area contributed by atoms with Gasteiger partial charge in [0, 0.05) is 12.2 Å². The molecule has 0 fully saturated rings. The SMILES string of the molecule is Cc1ccc(S(=O)(=O)F)c2c1NCCC2. The molecule has 0 aromatic heterocycles. The zero-order chi connectivity index (χ0) is 11.1. The third-order valence-electron chi connectivity index (χ3n) is 2.65. The van der Waals surface area contributed by atoms with Gasteiger partial charge in [-0.25, -0.2) is 0 Å². The van der Waals surface area contributed by atoms with Crippen LogP contribution in [-0.4, -0.2) is 15.0 Å². The normalized spacial score (nSPS) is 15.6. The molecule has 0 saturated carbocycles. The van der Waals surface area contributed by atoms with Crippen LogP contribution in [0.2, 0.25) is 0 Å². The predicted molar refractivity (Wildman–Crippen MR) is 56.3 cm³/mol. The van der Waals surface area contributed by atoms with E-state index in [1.807, 2.05) is 6.92 Å². The topological polar surface area (TPSA) is 46.2 Å². The van der Waals surface area contributed by atoms with Crippen molar-refractivity contribution in [1.82, 2.24) is 0 Å². The lowest BCUT2D eigenvalue weighted by Crippen LogP contribution is -2.15. The predicted octanol–water partition coefficient (Wildman–Crippen LogP) is 2.01. The van der Waals surface area contributed by atoms with Crippen LogP contribution in [0.4, 0.5) is 9.57 Å². The molecule has 1 aliphatic rings. The number of anilines is 1. The van der Waals surface area contributed by atoms with E-state index in [4.69, 9.17) is 0 Å². The van der Waals surface area contributed by atoms with Gasteiger partial charge in [-0.3, -0.25) is 0 Å². The van der Waals surface area contributed by atoms with Crippen LogP contribution in [0.5, 0.6) is 0 Å². The average molecular weight is 229 g/mol. The van der Waals surface area contributed by atoms with Gasteiger partial charge in [0.15, 0.2) is 0 Å². The molecule has 0 spiro atoms. The van der Waals surface area contributed by atoms with Crippen molar-refractivity contribution in [2.45, 2.75) is 24.7 Å². The lowest BCUT2D eigenvalue weighted by atomic mass is 10.0. The quantitative estimate of drug-likeness (QED) is 0.749. The first kappa shape index (κ1) is 10.4. The fraction of sp³-hybridized carbons (Fsp3) is 0.400. The third-order valence-corrected chi connectivity index (χ3v) is 3.55. The summed E-state index contributed by atoms with van der Waals surface area (Å²) in [4.78, 5) is -0.185. The molecule has 15 heavy (non-hydrogen) atoms. The van der Waals surface area contributed by atoms with Crippen LogP contribution in [0.1, 0.15) is 17.5 Å². The van der Waals surface area contributed by atoms with Crippen LogP contribution in [0.3, 0.4) is 0 Å². The van der Waals surface area contributed by atoms with Crippen LogP contribution in [0.15, 0.2) is 17.0 Å². The zero-order valence-electron chi connectivity index (χ0n) is 8.38. The molecule has 0 atom stereocenters. The summed E-state index contributed by atoms with van der Waals surface area (Å²) in [6.07, 6.45) is 1.45. The van der Waals surface area contributed by atoms with Gasteiger partial charge in [0.1, 0.15) is 4.90 Å². The molecule has 82 valence electrons. The molecule has 0 aliphatic carbocycles. The van der Waals surface area contributed by atoms with E-state index in [1.54, 1.807) is 6.07 Å². The second kappa shape index (κ2) is 3.48. The minimum Gasteiger partial charge on any atom is -0.385 e. The maximum absolute atomic E-state index is 13.0. The first-order valence-electron chi connectivity index (χ1n) is 4.81. The molecule has 1 N–H and O–H groups in total. The molecule has 1 aromatic carbocycles. The van der Waals surface area contributed by atoms with E-state index in [-0.39, 0.29) is 4.90 Å². The maximum Gasteiger partial charge on any atom is 0.332 e. The van der Waals surface area contributed by atoms with Crippen molar-refractivity contribution in [3.8, 4) is 0 Å². The van der Waals surface area contributed by atoms with Crippen molar-refractivity contribution in [2.75, 3.05) is 11.9 Å².